The quantitative estimate of drug-likeness (QED) is 0.614. The molecule has 1 N–H and O–H groups in total. The zero-order chi connectivity index (χ0) is 15.9. The van der Waals surface area contributed by atoms with Gasteiger partial charge in [-0.25, -0.2) is 0 Å². The Hall–Kier alpha value is -1.40. The number of thiocarbonyl (C=S) groups is 1. The van der Waals surface area contributed by atoms with Crippen LogP contribution in [0.5, 0.6) is 0 Å². The third kappa shape index (κ3) is 4.81. The Labute approximate surface area is 140 Å². The normalized spacial score (nSPS) is 16.0. The minimum atomic E-state index is 0.0119. The summed E-state index contributed by atoms with van der Waals surface area (Å²) in [5.41, 5.74) is 1.10. The Bertz CT molecular complexity index is 532. The second kappa shape index (κ2) is 8.29. The third-order valence-corrected chi connectivity index (χ3v) is 4.99. The Morgan fingerprint density at radius 2 is 2.09 bits per heavy atom. The van der Waals surface area contributed by atoms with E-state index in [2.05, 4.69) is 5.32 Å². The predicted octanol–water partition coefficient (Wildman–Crippen LogP) is 2.89. The van der Waals surface area contributed by atoms with Crippen molar-refractivity contribution >= 4 is 40.1 Å². The van der Waals surface area contributed by atoms with Crippen LogP contribution in [0.15, 0.2) is 30.3 Å². The van der Waals surface area contributed by atoms with E-state index in [1.807, 2.05) is 37.3 Å². The molecule has 1 saturated heterocycles. The minimum absolute atomic E-state index is 0.0119. The van der Waals surface area contributed by atoms with Crippen LogP contribution in [0.4, 0.5) is 0 Å². The second-order valence-corrected chi connectivity index (χ2v) is 6.87. The molecule has 0 aliphatic carbocycles. The molecule has 1 atom stereocenters. The molecule has 1 aliphatic rings. The van der Waals surface area contributed by atoms with Crippen LogP contribution in [0.2, 0.25) is 0 Å². The maximum Gasteiger partial charge on any atom is 0.238 e. The van der Waals surface area contributed by atoms with Crippen LogP contribution in [0.25, 0.3) is 0 Å². The standard InChI is InChI=1S/C16H20N2O2S2/c1-12(13-7-3-2-4-8-13)17-14(19)9-5-6-10-18-15(20)11-22-16(18)21/h2-4,7-8,12H,5-6,9-11H2,1H3,(H,17,19)/t12-/m0/s1. The van der Waals surface area contributed by atoms with Crippen LogP contribution < -0.4 is 5.32 Å². The van der Waals surface area contributed by atoms with Gasteiger partial charge in [0.05, 0.1) is 11.8 Å². The molecule has 1 fully saturated rings. The lowest BCUT2D eigenvalue weighted by Crippen LogP contribution is -2.30. The second-order valence-electron chi connectivity index (χ2n) is 5.26. The number of carbonyl (C=O) groups excluding carboxylic acids is 2. The predicted molar refractivity (Wildman–Crippen MR) is 93.6 cm³/mol. The SMILES string of the molecule is C[C@H](NC(=O)CCCCN1C(=O)CSC1=S)c1ccccc1. The average Bonchev–Trinajstić information content (AvgIpc) is 2.83. The zero-order valence-corrected chi connectivity index (χ0v) is 14.2. The summed E-state index contributed by atoms with van der Waals surface area (Å²) in [6.45, 7) is 2.60. The lowest BCUT2D eigenvalue weighted by atomic mass is 10.1. The maximum absolute atomic E-state index is 11.9. The van der Waals surface area contributed by atoms with E-state index in [0.29, 0.717) is 23.0 Å². The Kier molecular flexibility index (Phi) is 6.39. The zero-order valence-electron chi connectivity index (χ0n) is 12.6. The van der Waals surface area contributed by atoms with Gasteiger partial charge in [-0.3, -0.25) is 14.5 Å². The molecule has 1 aromatic carbocycles. The number of hydrogen-bond acceptors (Lipinski definition) is 4. The smallest absolute Gasteiger partial charge is 0.238 e. The van der Waals surface area contributed by atoms with E-state index in [0.717, 1.165) is 18.4 Å². The van der Waals surface area contributed by atoms with Gasteiger partial charge in [0.1, 0.15) is 4.32 Å². The summed E-state index contributed by atoms with van der Waals surface area (Å²) in [6, 6.07) is 9.90. The van der Waals surface area contributed by atoms with Crippen molar-refractivity contribution in [3.63, 3.8) is 0 Å². The van der Waals surface area contributed by atoms with E-state index in [1.165, 1.54) is 11.8 Å². The molecular weight excluding hydrogens is 316 g/mol. The summed E-state index contributed by atoms with van der Waals surface area (Å²) in [5, 5.41) is 2.99. The van der Waals surface area contributed by atoms with Crippen LogP contribution in [0.1, 0.15) is 37.8 Å². The van der Waals surface area contributed by atoms with E-state index in [1.54, 1.807) is 4.90 Å². The van der Waals surface area contributed by atoms with Crippen LogP contribution in [-0.2, 0) is 9.59 Å². The van der Waals surface area contributed by atoms with Crippen LogP contribution in [0.3, 0.4) is 0 Å². The number of unbranched alkanes of at least 4 members (excludes halogenated alkanes) is 1. The number of thioether (sulfide) groups is 1. The van der Waals surface area contributed by atoms with Crippen molar-refractivity contribution in [2.24, 2.45) is 0 Å². The third-order valence-electron chi connectivity index (χ3n) is 3.55. The number of nitrogens with one attached hydrogen (secondary N) is 1. The minimum Gasteiger partial charge on any atom is -0.350 e. The number of amides is 2. The molecule has 6 heteroatoms. The van der Waals surface area contributed by atoms with Gasteiger partial charge in [0.2, 0.25) is 11.8 Å². The Morgan fingerprint density at radius 3 is 2.73 bits per heavy atom. The summed E-state index contributed by atoms with van der Waals surface area (Å²) in [6.07, 6.45) is 2.02. The van der Waals surface area contributed by atoms with Gasteiger partial charge in [-0.05, 0) is 25.3 Å². The molecule has 2 amide bonds. The van der Waals surface area contributed by atoms with Crippen molar-refractivity contribution in [2.75, 3.05) is 12.3 Å². The number of hydrogen-bond donors (Lipinski definition) is 1. The van der Waals surface area contributed by atoms with E-state index < -0.39 is 0 Å². The first-order valence-corrected chi connectivity index (χ1v) is 8.78. The molecule has 22 heavy (non-hydrogen) atoms. The highest BCUT2D eigenvalue weighted by Crippen LogP contribution is 2.19. The molecule has 1 aliphatic heterocycles. The van der Waals surface area contributed by atoms with Gasteiger partial charge in [-0.2, -0.15) is 0 Å². The van der Waals surface area contributed by atoms with Crippen molar-refractivity contribution < 1.29 is 9.59 Å². The molecule has 0 bridgehead atoms. The molecule has 118 valence electrons. The fourth-order valence-corrected chi connectivity index (χ4v) is 3.41. The molecule has 1 aromatic rings. The first-order valence-electron chi connectivity index (χ1n) is 7.39. The fraction of sp³-hybridized carbons (Fsp3) is 0.438. The van der Waals surface area contributed by atoms with Crippen LogP contribution in [-0.4, -0.2) is 33.3 Å². The average molecular weight is 336 g/mol. The number of carbonyl (C=O) groups is 2. The number of nitrogens with zero attached hydrogens (tertiary/aromatic N) is 1. The van der Waals surface area contributed by atoms with Crippen molar-refractivity contribution in [2.45, 2.75) is 32.2 Å². The summed E-state index contributed by atoms with van der Waals surface area (Å²) in [7, 11) is 0. The van der Waals surface area contributed by atoms with Crippen LogP contribution in [0, 0.1) is 0 Å². The number of rotatable bonds is 7. The van der Waals surface area contributed by atoms with E-state index in [4.69, 9.17) is 12.2 Å². The molecule has 0 spiro atoms. The highest BCUT2D eigenvalue weighted by molar-refractivity contribution is 8.23. The van der Waals surface area contributed by atoms with Crippen molar-refractivity contribution in [1.29, 1.82) is 0 Å². The van der Waals surface area contributed by atoms with Gasteiger partial charge in [0.25, 0.3) is 0 Å². The van der Waals surface area contributed by atoms with E-state index in [9.17, 15) is 9.59 Å². The van der Waals surface area contributed by atoms with Gasteiger partial charge in [-0.15, -0.1) is 0 Å². The summed E-state index contributed by atoms with van der Waals surface area (Å²) < 4.78 is 0.659. The Balaban J connectivity index is 1.66. The lowest BCUT2D eigenvalue weighted by molar-refractivity contribution is -0.124. The highest BCUT2D eigenvalue weighted by Gasteiger charge is 2.25. The van der Waals surface area contributed by atoms with Crippen molar-refractivity contribution in [3.8, 4) is 0 Å². The van der Waals surface area contributed by atoms with Gasteiger partial charge in [0, 0.05) is 13.0 Å². The summed E-state index contributed by atoms with van der Waals surface area (Å²) in [5.74, 6) is 0.576. The first kappa shape index (κ1) is 17.0. The Morgan fingerprint density at radius 1 is 1.36 bits per heavy atom. The fourth-order valence-electron chi connectivity index (χ4n) is 2.29. The summed E-state index contributed by atoms with van der Waals surface area (Å²) in [4.78, 5) is 25.1. The molecular formula is C16H20N2O2S2. The largest absolute Gasteiger partial charge is 0.350 e. The summed E-state index contributed by atoms with van der Waals surface area (Å²) >= 11 is 6.53. The molecule has 0 radical (unpaired) electrons. The first-order chi connectivity index (χ1) is 10.6. The highest BCUT2D eigenvalue weighted by atomic mass is 32.2. The molecule has 0 unspecified atom stereocenters. The van der Waals surface area contributed by atoms with Crippen molar-refractivity contribution in [1.82, 2.24) is 10.2 Å². The lowest BCUT2D eigenvalue weighted by Gasteiger charge is -2.16. The number of benzene rings is 1. The van der Waals surface area contributed by atoms with E-state index >= 15 is 0 Å². The van der Waals surface area contributed by atoms with Gasteiger partial charge < -0.3 is 5.32 Å². The molecule has 2 rings (SSSR count). The van der Waals surface area contributed by atoms with Gasteiger partial charge >= 0.3 is 0 Å². The monoisotopic (exact) mass is 336 g/mol. The topological polar surface area (TPSA) is 49.4 Å². The molecule has 0 saturated carbocycles. The van der Waals surface area contributed by atoms with Crippen molar-refractivity contribution in [3.05, 3.63) is 35.9 Å². The molecule has 0 aromatic heterocycles. The molecule has 1 heterocycles. The molecule has 4 nitrogen and oxygen atoms in total. The van der Waals surface area contributed by atoms with Gasteiger partial charge in [-0.1, -0.05) is 54.3 Å². The van der Waals surface area contributed by atoms with Gasteiger partial charge in [0.15, 0.2) is 0 Å². The maximum atomic E-state index is 11.9. The van der Waals surface area contributed by atoms with Crippen LogP contribution >= 0.6 is 24.0 Å². The van der Waals surface area contributed by atoms with E-state index in [-0.39, 0.29) is 17.9 Å².